The van der Waals surface area contributed by atoms with Gasteiger partial charge in [0.1, 0.15) is 11.4 Å². The van der Waals surface area contributed by atoms with Gasteiger partial charge in [-0.2, -0.15) is 0 Å². The summed E-state index contributed by atoms with van der Waals surface area (Å²) >= 11 is 0. The number of carbonyl (C=O) groups excluding carboxylic acids is 1. The molecule has 0 fully saturated rings. The molecule has 7 heteroatoms. The molecular formula is C21H20N4O3. The van der Waals surface area contributed by atoms with Crippen molar-refractivity contribution in [1.82, 2.24) is 20.3 Å². The quantitative estimate of drug-likeness (QED) is 0.728. The van der Waals surface area contributed by atoms with Crippen LogP contribution in [0.4, 0.5) is 0 Å². The molecule has 1 aliphatic rings. The fourth-order valence-corrected chi connectivity index (χ4v) is 3.34. The maximum Gasteiger partial charge on any atom is 0.255 e. The van der Waals surface area contributed by atoms with Gasteiger partial charge in [0, 0.05) is 29.4 Å². The van der Waals surface area contributed by atoms with Crippen LogP contribution in [0, 0.1) is 6.92 Å². The van der Waals surface area contributed by atoms with E-state index in [1.807, 2.05) is 30.3 Å². The Hall–Kier alpha value is -3.48. The van der Waals surface area contributed by atoms with Crippen molar-refractivity contribution in [3.8, 4) is 17.3 Å². The molecule has 0 bridgehead atoms. The number of pyridine rings is 1. The van der Waals surface area contributed by atoms with Crippen molar-refractivity contribution >= 4 is 5.91 Å². The topological polar surface area (TPSA) is 97.0 Å². The first-order valence-corrected chi connectivity index (χ1v) is 9.14. The number of nitrogens with zero attached hydrogens (tertiary/aromatic N) is 2. The molecule has 0 unspecified atom stereocenters. The average Bonchev–Trinajstić information content (AvgIpc) is 2.71. The van der Waals surface area contributed by atoms with Crippen LogP contribution in [-0.4, -0.2) is 27.5 Å². The predicted molar refractivity (Wildman–Crippen MR) is 104 cm³/mol. The van der Waals surface area contributed by atoms with Gasteiger partial charge >= 0.3 is 0 Å². The van der Waals surface area contributed by atoms with Crippen LogP contribution in [-0.2, 0) is 11.2 Å². The number of aryl methyl sites for hydroxylation is 1. The lowest BCUT2D eigenvalue weighted by atomic mass is 10.00. The number of H-pyrrole nitrogens is 1. The number of hydrogen-bond donors (Lipinski definition) is 2. The molecule has 1 atom stereocenters. The van der Waals surface area contributed by atoms with E-state index in [4.69, 9.17) is 4.74 Å². The molecule has 2 aromatic heterocycles. The lowest BCUT2D eigenvalue weighted by Gasteiger charge is -2.26. The Kier molecular flexibility index (Phi) is 4.89. The summed E-state index contributed by atoms with van der Waals surface area (Å²) in [6.45, 7) is 2.27. The van der Waals surface area contributed by atoms with Gasteiger partial charge in [-0.25, -0.2) is 4.98 Å². The maximum absolute atomic E-state index is 12.6. The molecule has 0 radical (unpaired) electrons. The number of amides is 1. The number of ether oxygens (including phenoxy) is 1. The number of carbonyl (C=O) groups is 1. The first-order valence-electron chi connectivity index (χ1n) is 9.14. The Bertz CT molecular complexity index is 1060. The molecule has 1 aromatic carbocycles. The molecule has 1 amide bonds. The molecule has 7 nitrogen and oxygen atoms in total. The highest BCUT2D eigenvalue weighted by atomic mass is 16.5. The third-order valence-corrected chi connectivity index (χ3v) is 4.76. The number of aromatic nitrogens is 3. The van der Waals surface area contributed by atoms with Crippen molar-refractivity contribution in [3.63, 3.8) is 0 Å². The van der Waals surface area contributed by atoms with E-state index < -0.39 is 0 Å². The zero-order valence-corrected chi connectivity index (χ0v) is 15.4. The van der Waals surface area contributed by atoms with Crippen LogP contribution in [0.25, 0.3) is 11.5 Å². The number of nitrogens with one attached hydrogen (secondary N) is 2. The molecule has 28 heavy (non-hydrogen) atoms. The van der Waals surface area contributed by atoms with Gasteiger partial charge in [0.25, 0.3) is 5.56 Å². The molecule has 4 rings (SSSR count). The van der Waals surface area contributed by atoms with E-state index in [0.717, 1.165) is 11.3 Å². The Balaban J connectivity index is 1.52. The standard InChI is InChI=1S/C21H20N4O3/c1-13-15(21(27)25-20(23-13)17-7-4-5-10-22-17)12-19(26)24-16-9-11-28-18-8-3-2-6-14(16)18/h2-8,10,16H,9,11-12H2,1H3,(H,24,26)(H,23,25,27)/t16-/m0/s1. The second kappa shape index (κ2) is 7.64. The van der Waals surface area contributed by atoms with Crippen LogP contribution in [0.3, 0.4) is 0 Å². The van der Waals surface area contributed by atoms with Crippen LogP contribution >= 0.6 is 0 Å². The second-order valence-corrected chi connectivity index (χ2v) is 6.67. The summed E-state index contributed by atoms with van der Waals surface area (Å²) in [5, 5.41) is 3.01. The number of fused-ring (bicyclic) bond motifs is 1. The first-order chi connectivity index (χ1) is 13.6. The van der Waals surface area contributed by atoms with E-state index in [1.54, 1.807) is 25.3 Å². The molecule has 0 spiro atoms. The summed E-state index contributed by atoms with van der Waals surface area (Å²) in [4.78, 5) is 36.5. The summed E-state index contributed by atoms with van der Waals surface area (Å²) in [6.07, 6.45) is 2.29. The molecule has 1 aliphatic heterocycles. The molecule has 2 N–H and O–H groups in total. The van der Waals surface area contributed by atoms with Crippen LogP contribution in [0.2, 0.25) is 0 Å². The van der Waals surface area contributed by atoms with Gasteiger partial charge in [-0.1, -0.05) is 24.3 Å². The first kappa shape index (κ1) is 17.9. The zero-order valence-electron chi connectivity index (χ0n) is 15.4. The van der Waals surface area contributed by atoms with Crippen LogP contribution in [0.5, 0.6) is 5.75 Å². The van der Waals surface area contributed by atoms with Crippen LogP contribution < -0.4 is 15.6 Å². The van der Waals surface area contributed by atoms with Gasteiger partial charge in [0.2, 0.25) is 5.91 Å². The minimum absolute atomic E-state index is 0.0316. The zero-order chi connectivity index (χ0) is 19.5. The number of aromatic amines is 1. The molecule has 3 aromatic rings. The molecule has 0 saturated heterocycles. The van der Waals surface area contributed by atoms with Crippen molar-refractivity contribution in [3.05, 3.63) is 75.8 Å². The highest BCUT2D eigenvalue weighted by molar-refractivity contribution is 5.79. The van der Waals surface area contributed by atoms with E-state index in [9.17, 15) is 9.59 Å². The Morgan fingerprint density at radius 1 is 1.25 bits per heavy atom. The summed E-state index contributed by atoms with van der Waals surface area (Å²) < 4.78 is 5.62. The second-order valence-electron chi connectivity index (χ2n) is 6.67. The molecule has 0 saturated carbocycles. The monoisotopic (exact) mass is 376 g/mol. The van der Waals surface area contributed by atoms with Crippen molar-refractivity contribution in [2.45, 2.75) is 25.8 Å². The van der Waals surface area contributed by atoms with E-state index >= 15 is 0 Å². The van der Waals surface area contributed by atoms with Crippen molar-refractivity contribution < 1.29 is 9.53 Å². The van der Waals surface area contributed by atoms with Crippen molar-refractivity contribution in [2.24, 2.45) is 0 Å². The summed E-state index contributed by atoms with van der Waals surface area (Å²) in [7, 11) is 0. The van der Waals surface area contributed by atoms with Gasteiger partial charge in [0.05, 0.1) is 19.1 Å². The highest BCUT2D eigenvalue weighted by Gasteiger charge is 2.23. The predicted octanol–water partition coefficient (Wildman–Crippen LogP) is 2.32. The van der Waals surface area contributed by atoms with Gasteiger partial charge in [-0.3, -0.25) is 14.6 Å². The fourth-order valence-electron chi connectivity index (χ4n) is 3.34. The number of rotatable bonds is 4. The van der Waals surface area contributed by atoms with Gasteiger partial charge in [0.15, 0.2) is 5.82 Å². The number of benzene rings is 1. The molecule has 0 aliphatic carbocycles. The van der Waals surface area contributed by atoms with Crippen molar-refractivity contribution in [1.29, 1.82) is 0 Å². The minimum atomic E-state index is -0.323. The Labute approximate surface area is 161 Å². The summed E-state index contributed by atoms with van der Waals surface area (Å²) in [5.41, 5.74) is 2.09. The third-order valence-electron chi connectivity index (χ3n) is 4.76. The molecular weight excluding hydrogens is 356 g/mol. The largest absolute Gasteiger partial charge is 0.493 e. The maximum atomic E-state index is 12.6. The van der Waals surface area contributed by atoms with Gasteiger partial charge in [-0.15, -0.1) is 0 Å². The Morgan fingerprint density at radius 2 is 2.07 bits per heavy atom. The van der Waals surface area contributed by atoms with Crippen molar-refractivity contribution in [2.75, 3.05) is 6.61 Å². The van der Waals surface area contributed by atoms with E-state index in [-0.39, 0.29) is 23.9 Å². The molecule has 3 heterocycles. The number of para-hydroxylation sites is 1. The van der Waals surface area contributed by atoms with E-state index in [1.165, 1.54) is 0 Å². The smallest absolute Gasteiger partial charge is 0.255 e. The van der Waals surface area contributed by atoms with Gasteiger partial charge < -0.3 is 15.0 Å². The van der Waals surface area contributed by atoms with Gasteiger partial charge in [-0.05, 0) is 25.1 Å². The Morgan fingerprint density at radius 3 is 2.86 bits per heavy atom. The van der Waals surface area contributed by atoms with Crippen LogP contribution in [0.1, 0.15) is 29.3 Å². The summed E-state index contributed by atoms with van der Waals surface area (Å²) in [5.74, 6) is 0.961. The fraction of sp³-hybridized carbons (Fsp3) is 0.238. The normalized spacial score (nSPS) is 15.4. The molecule has 142 valence electrons. The lowest BCUT2D eigenvalue weighted by Crippen LogP contribution is -2.34. The SMILES string of the molecule is Cc1nc(-c2ccccn2)[nH]c(=O)c1CC(=O)N[C@H]1CCOc2ccccc21. The average molecular weight is 376 g/mol. The van der Waals surface area contributed by atoms with Crippen LogP contribution in [0.15, 0.2) is 53.5 Å². The van der Waals surface area contributed by atoms with E-state index in [2.05, 4.69) is 20.3 Å². The highest BCUT2D eigenvalue weighted by Crippen LogP contribution is 2.31. The van der Waals surface area contributed by atoms with E-state index in [0.29, 0.717) is 35.8 Å². The lowest BCUT2D eigenvalue weighted by molar-refractivity contribution is -0.121. The number of hydrogen-bond acceptors (Lipinski definition) is 5. The third kappa shape index (κ3) is 3.64. The summed E-state index contributed by atoms with van der Waals surface area (Å²) in [6, 6.07) is 12.9. The minimum Gasteiger partial charge on any atom is -0.493 e.